The number of sulfone groups is 1. The van der Waals surface area contributed by atoms with Crippen LogP contribution in [0, 0.1) is 0 Å². The molecule has 2 rings (SSSR count). The highest BCUT2D eigenvalue weighted by Crippen LogP contribution is 2.16. The minimum atomic E-state index is -2.99. The van der Waals surface area contributed by atoms with E-state index in [0.717, 1.165) is 5.56 Å². The second kappa shape index (κ2) is 5.40. The molecule has 0 atom stereocenters. The Morgan fingerprint density at radius 1 is 1.37 bits per heavy atom. The van der Waals surface area contributed by atoms with E-state index in [-0.39, 0.29) is 11.5 Å². The number of hydrogen-bond acceptors (Lipinski definition) is 5. The summed E-state index contributed by atoms with van der Waals surface area (Å²) in [6.45, 7) is 1.94. The predicted molar refractivity (Wildman–Crippen MR) is 74.2 cm³/mol. The first-order chi connectivity index (χ1) is 9.00. The molecule has 1 heterocycles. The lowest BCUT2D eigenvalue weighted by atomic mass is 10.2. The Morgan fingerprint density at radius 3 is 2.84 bits per heavy atom. The minimum absolute atomic E-state index is 0.0726. The molecule has 19 heavy (non-hydrogen) atoms. The molecule has 0 aliphatic heterocycles. The second-order valence-electron chi connectivity index (χ2n) is 4.19. The molecular weight excluding hydrogens is 264 g/mol. The first-order valence-electron chi connectivity index (χ1n) is 5.96. The summed E-state index contributed by atoms with van der Waals surface area (Å²) in [5.41, 5.74) is 7.15. The molecule has 0 aliphatic carbocycles. The van der Waals surface area contributed by atoms with Gasteiger partial charge in [0, 0.05) is 17.0 Å². The molecule has 1 aromatic heterocycles. The van der Waals surface area contributed by atoms with E-state index in [9.17, 15) is 8.42 Å². The average Bonchev–Trinajstić information content (AvgIpc) is 2.85. The van der Waals surface area contributed by atoms with Crippen LogP contribution in [0.3, 0.4) is 0 Å². The van der Waals surface area contributed by atoms with E-state index >= 15 is 0 Å². The maximum absolute atomic E-state index is 11.4. The molecule has 0 fully saturated rings. The quantitative estimate of drug-likeness (QED) is 0.824. The summed E-state index contributed by atoms with van der Waals surface area (Å²) < 4.78 is 24.4. The number of hydrogen-bond donors (Lipinski definition) is 1. The molecule has 7 heteroatoms. The van der Waals surface area contributed by atoms with Crippen molar-refractivity contribution in [3.63, 3.8) is 0 Å². The minimum Gasteiger partial charge on any atom is -0.399 e. The van der Waals surface area contributed by atoms with Crippen molar-refractivity contribution < 1.29 is 8.42 Å². The zero-order valence-corrected chi connectivity index (χ0v) is 11.5. The van der Waals surface area contributed by atoms with Gasteiger partial charge in [0.15, 0.2) is 15.7 Å². The molecule has 1 aromatic carbocycles. The molecule has 6 nitrogen and oxygen atoms in total. The number of nitrogens with two attached hydrogens (primary N) is 1. The SMILES string of the molecule is CCS(=O)(=O)CCn1cnc(-c2cccc(N)c2)n1. The summed E-state index contributed by atoms with van der Waals surface area (Å²) >= 11 is 0. The van der Waals surface area contributed by atoms with Crippen molar-refractivity contribution in [1.29, 1.82) is 0 Å². The summed E-state index contributed by atoms with van der Waals surface area (Å²) in [7, 11) is -2.99. The fraction of sp³-hybridized carbons (Fsp3) is 0.333. The lowest BCUT2D eigenvalue weighted by molar-refractivity contribution is 0.581. The highest BCUT2D eigenvalue weighted by Gasteiger charge is 2.09. The Bertz CT molecular complexity index is 664. The van der Waals surface area contributed by atoms with Crippen LogP contribution in [0.1, 0.15) is 6.92 Å². The number of nitrogen functional groups attached to an aromatic ring is 1. The summed E-state index contributed by atoms with van der Waals surface area (Å²) in [4.78, 5) is 4.16. The van der Waals surface area contributed by atoms with Gasteiger partial charge in [-0.1, -0.05) is 19.1 Å². The van der Waals surface area contributed by atoms with Gasteiger partial charge in [-0.25, -0.2) is 13.4 Å². The monoisotopic (exact) mass is 280 g/mol. The molecule has 0 radical (unpaired) electrons. The molecule has 0 bridgehead atoms. The molecule has 0 unspecified atom stereocenters. The number of rotatable bonds is 5. The molecule has 0 saturated carbocycles. The Hall–Kier alpha value is -1.89. The molecular formula is C12H16N4O2S. The Kier molecular flexibility index (Phi) is 3.84. The van der Waals surface area contributed by atoms with Crippen molar-refractivity contribution in [2.45, 2.75) is 13.5 Å². The zero-order valence-electron chi connectivity index (χ0n) is 10.7. The first kappa shape index (κ1) is 13.5. The Balaban J connectivity index is 2.12. The van der Waals surface area contributed by atoms with Gasteiger partial charge in [0.1, 0.15) is 6.33 Å². The molecule has 2 N–H and O–H groups in total. The van der Waals surface area contributed by atoms with Crippen molar-refractivity contribution in [3.8, 4) is 11.4 Å². The van der Waals surface area contributed by atoms with Gasteiger partial charge in [-0.2, -0.15) is 5.10 Å². The van der Waals surface area contributed by atoms with Gasteiger partial charge >= 0.3 is 0 Å². The Morgan fingerprint density at radius 2 is 2.16 bits per heavy atom. The van der Waals surface area contributed by atoms with E-state index < -0.39 is 9.84 Å². The van der Waals surface area contributed by atoms with Crippen LogP contribution in [0.15, 0.2) is 30.6 Å². The molecule has 0 aliphatic rings. The van der Waals surface area contributed by atoms with E-state index in [2.05, 4.69) is 10.1 Å². The topological polar surface area (TPSA) is 90.9 Å². The van der Waals surface area contributed by atoms with Gasteiger partial charge in [0.25, 0.3) is 0 Å². The van der Waals surface area contributed by atoms with Crippen LogP contribution in [-0.2, 0) is 16.4 Å². The van der Waals surface area contributed by atoms with Crippen LogP contribution >= 0.6 is 0 Å². The van der Waals surface area contributed by atoms with E-state index in [1.165, 1.54) is 11.0 Å². The molecule has 102 valence electrons. The highest BCUT2D eigenvalue weighted by atomic mass is 32.2. The van der Waals surface area contributed by atoms with E-state index in [4.69, 9.17) is 5.73 Å². The van der Waals surface area contributed by atoms with Gasteiger partial charge < -0.3 is 5.73 Å². The van der Waals surface area contributed by atoms with Crippen LogP contribution in [-0.4, -0.2) is 34.7 Å². The van der Waals surface area contributed by atoms with Gasteiger partial charge in [-0.15, -0.1) is 0 Å². The average molecular weight is 280 g/mol. The maximum Gasteiger partial charge on any atom is 0.181 e. The zero-order chi connectivity index (χ0) is 13.9. The molecule has 0 saturated heterocycles. The van der Waals surface area contributed by atoms with Crippen LogP contribution in [0.5, 0.6) is 0 Å². The van der Waals surface area contributed by atoms with Crippen molar-refractivity contribution >= 4 is 15.5 Å². The van der Waals surface area contributed by atoms with Gasteiger partial charge in [0.05, 0.1) is 12.3 Å². The van der Waals surface area contributed by atoms with Crippen LogP contribution in [0.4, 0.5) is 5.69 Å². The van der Waals surface area contributed by atoms with Gasteiger partial charge in [-0.05, 0) is 12.1 Å². The third-order valence-corrected chi connectivity index (χ3v) is 4.44. The summed E-state index contributed by atoms with van der Waals surface area (Å²) in [5.74, 6) is 0.758. The van der Waals surface area contributed by atoms with Crippen molar-refractivity contribution in [2.75, 3.05) is 17.2 Å². The second-order valence-corrected chi connectivity index (χ2v) is 6.67. The number of aromatic nitrogens is 3. The smallest absolute Gasteiger partial charge is 0.181 e. The largest absolute Gasteiger partial charge is 0.399 e. The van der Waals surface area contributed by atoms with Crippen LogP contribution in [0.2, 0.25) is 0 Å². The van der Waals surface area contributed by atoms with Crippen molar-refractivity contribution in [3.05, 3.63) is 30.6 Å². The number of benzene rings is 1. The third-order valence-electron chi connectivity index (χ3n) is 2.75. The number of anilines is 1. The highest BCUT2D eigenvalue weighted by molar-refractivity contribution is 7.91. The summed E-state index contributed by atoms with van der Waals surface area (Å²) in [6.07, 6.45) is 1.53. The fourth-order valence-corrected chi connectivity index (χ4v) is 2.34. The van der Waals surface area contributed by atoms with E-state index in [0.29, 0.717) is 18.1 Å². The Labute approximate surface area is 112 Å². The summed E-state index contributed by atoms with van der Waals surface area (Å²) in [6, 6.07) is 7.25. The number of nitrogens with zero attached hydrogens (tertiary/aromatic N) is 3. The standard InChI is InChI=1S/C12H16N4O2S/c1-2-19(17,18)7-6-16-9-14-12(15-16)10-4-3-5-11(13)8-10/h3-5,8-9H,2,6-7,13H2,1H3. The van der Waals surface area contributed by atoms with E-state index in [1.807, 2.05) is 12.1 Å². The third kappa shape index (κ3) is 3.54. The molecule has 0 spiro atoms. The number of aryl methyl sites for hydroxylation is 1. The lowest BCUT2D eigenvalue weighted by Crippen LogP contribution is -2.14. The van der Waals surface area contributed by atoms with Gasteiger partial charge in [0.2, 0.25) is 0 Å². The van der Waals surface area contributed by atoms with Crippen LogP contribution in [0.25, 0.3) is 11.4 Å². The fourth-order valence-electron chi connectivity index (χ4n) is 1.59. The predicted octanol–water partition coefficient (Wildman–Crippen LogP) is 0.962. The van der Waals surface area contributed by atoms with E-state index in [1.54, 1.807) is 19.1 Å². The van der Waals surface area contributed by atoms with Gasteiger partial charge in [-0.3, -0.25) is 4.68 Å². The molecule has 2 aromatic rings. The normalized spacial score (nSPS) is 11.6. The summed E-state index contributed by atoms with van der Waals surface area (Å²) in [5, 5.41) is 4.24. The molecule has 0 amide bonds. The van der Waals surface area contributed by atoms with Crippen LogP contribution < -0.4 is 5.73 Å². The van der Waals surface area contributed by atoms with Crippen molar-refractivity contribution in [1.82, 2.24) is 14.8 Å². The van der Waals surface area contributed by atoms with Crippen molar-refractivity contribution in [2.24, 2.45) is 0 Å². The lowest BCUT2D eigenvalue weighted by Gasteiger charge is -2.01. The first-order valence-corrected chi connectivity index (χ1v) is 7.78. The maximum atomic E-state index is 11.4.